The molecule has 0 spiro atoms. The fourth-order valence-electron chi connectivity index (χ4n) is 5.39. The summed E-state index contributed by atoms with van der Waals surface area (Å²) in [5, 5.41) is 0. The van der Waals surface area contributed by atoms with Crippen molar-refractivity contribution in [2.24, 2.45) is 10.8 Å². The number of ketones is 2. The molecule has 5 rings (SSSR count). The number of piperidine rings is 2. The monoisotopic (exact) mass is 558 g/mol. The summed E-state index contributed by atoms with van der Waals surface area (Å²) in [6.07, 6.45) is 2.95. The third-order valence-electron chi connectivity index (χ3n) is 8.39. The van der Waals surface area contributed by atoms with Gasteiger partial charge < -0.3 is 0 Å². The van der Waals surface area contributed by atoms with E-state index in [1.165, 1.54) is 45.0 Å². The van der Waals surface area contributed by atoms with Crippen LogP contribution in [-0.2, 0) is 20.0 Å². The second-order valence-electron chi connectivity index (χ2n) is 12.2. The van der Waals surface area contributed by atoms with Crippen molar-refractivity contribution in [1.82, 2.24) is 8.61 Å². The van der Waals surface area contributed by atoms with Crippen molar-refractivity contribution >= 4 is 31.6 Å². The Morgan fingerprint density at radius 2 is 0.868 bits per heavy atom. The summed E-state index contributed by atoms with van der Waals surface area (Å²) in [4.78, 5) is 26.8. The summed E-state index contributed by atoms with van der Waals surface area (Å²) in [5.74, 6) is -0.981. The van der Waals surface area contributed by atoms with Gasteiger partial charge in [0.1, 0.15) is 0 Å². The van der Waals surface area contributed by atoms with Crippen LogP contribution in [0.15, 0.2) is 46.2 Å². The van der Waals surface area contributed by atoms with E-state index in [0.717, 1.165) is 25.7 Å². The number of benzene rings is 2. The van der Waals surface area contributed by atoms with Crippen LogP contribution in [0.3, 0.4) is 0 Å². The third kappa shape index (κ3) is 4.65. The summed E-state index contributed by atoms with van der Waals surface area (Å²) in [7, 11) is -7.65. The number of fused-ring (bicyclic) bond motifs is 2. The van der Waals surface area contributed by atoms with Gasteiger partial charge in [0.15, 0.2) is 11.6 Å². The molecular weight excluding hydrogens is 524 g/mol. The molecule has 2 aromatic rings. The first-order valence-electron chi connectivity index (χ1n) is 13.0. The standard InChI is InChI=1S/C28H34N2O6S2/c1-27(2)9-13-29(14-10-27)37(33,34)19-5-7-21-23(17-19)25(31)22-8-6-20(18-24(22)26(21)32)38(35,36)30-15-11-28(3,4)12-16-30/h5-8,17-18H,9-16H2,1-4H3. The lowest BCUT2D eigenvalue weighted by atomic mass is 9.83. The van der Waals surface area contributed by atoms with Crippen LogP contribution in [0.5, 0.6) is 0 Å². The molecule has 2 aromatic carbocycles. The van der Waals surface area contributed by atoms with Gasteiger partial charge in [-0.25, -0.2) is 16.8 Å². The van der Waals surface area contributed by atoms with E-state index in [0.29, 0.717) is 26.2 Å². The Balaban J connectivity index is 1.45. The molecule has 3 aliphatic rings. The van der Waals surface area contributed by atoms with E-state index in [9.17, 15) is 26.4 Å². The number of sulfonamides is 2. The molecular formula is C28H34N2O6S2. The molecule has 0 atom stereocenters. The lowest BCUT2D eigenvalue weighted by molar-refractivity contribution is 0.0978. The average Bonchev–Trinajstić information content (AvgIpc) is 2.86. The zero-order chi connectivity index (χ0) is 27.7. The molecule has 1 aliphatic carbocycles. The van der Waals surface area contributed by atoms with Crippen molar-refractivity contribution in [3.05, 3.63) is 58.7 Å². The Kier molecular flexibility index (Phi) is 6.49. The molecule has 2 aliphatic heterocycles. The smallest absolute Gasteiger partial charge is 0.243 e. The van der Waals surface area contributed by atoms with Crippen LogP contribution in [0.1, 0.15) is 85.2 Å². The second kappa shape index (κ2) is 9.08. The van der Waals surface area contributed by atoms with Gasteiger partial charge in [-0.3, -0.25) is 9.59 Å². The van der Waals surface area contributed by atoms with E-state index in [-0.39, 0.29) is 42.9 Å². The highest BCUT2D eigenvalue weighted by molar-refractivity contribution is 7.89. The first kappa shape index (κ1) is 27.2. The summed E-state index contributed by atoms with van der Waals surface area (Å²) >= 11 is 0. The van der Waals surface area contributed by atoms with Crippen molar-refractivity contribution in [2.45, 2.75) is 63.2 Å². The Labute approximate surface area is 225 Å². The highest BCUT2D eigenvalue weighted by Gasteiger charge is 2.37. The fourth-order valence-corrected chi connectivity index (χ4v) is 8.33. The van der Waals surface area contributed by atoms with Crippen LogP contribution < -0.4 is 0 Å². The minimum atomic E-state index is -3.83. The maximum Gasteiger partial charge on any atom is 0.243 e. The maximum absolute atomic E-state index is 13.4. The molecule has 0 saturated carbocycles. The van der Waals surface area contributed by atoms with Crippen LogP contribution >= 0.6 is 0 Å². The van der Waals surface area contributed by atoms with Gasteiger partial charge in [-0.05, 0) is 72.9 Å². The average molecular weight is 559 g/mol. The van der Waals surface area contributed by atoms with Crippen LogP contribution in [0.2, 0.25) is 0 Å². The van der Waals surface area contributed by atoms with Crippen LogP contribution in [-0.4, -0.2) is 63.2 Å². The third-order valence-corrected chi connectivity index (χ3v) is 12.2. The van der Waals surface area contributed by atoms with Crippen LogP contribution in [0.4, 0.5) is 0 Å². The van der Waals surface area contributed by atoms with Crippen molar-refractivity contribution in [3.63, 3.8) is 0 Å². The molecule has 0 radical (unpaired) electrons. The molecule has 2 heterocycles. The fraction of sp³-hybridized carbons (Fsp3) is 0.500. The van der Waals surface area contributed by atoms with Gasteiger partial charge >= 0.3 is 0 Å². The Bertz CT molecular complexity index is 1420. The van der Waals surface area contributed by atoms with Crippen molar-refractivity contribution in [2.75, 3.05) is 26.2 Å². The summed E-state index contributed by atoms with van der Waals surface area (Å²) in [6.45, 7) is 10.0. The van der Waals surface area contributed by atoms with Gasteiger partial charge in [-0.2, -0.15) is 8.61 Å². The highest BCUT2D eigenvalue weighted by atomic mass is 32.2. The minimum Gasteiger partial charge on any atom is -0.289 e. The molecule has 0 amide bonds. The number of rotatable bonds is 4. The molecule has 2 fully saturated rings. The Morgan fingerprint density at radius 3 is 1.18 bits per heavy atom. The zero-order valence-electron chi connectivity index (χ0n) is 22.3. The first-order chi connectivity index (χ1) is 17.6. The van der Waals surface area contributed by atoms with E-state index in [1.807, 2.05) is 0 Å². The van der Waals surface area contributed by atoms with Gasteiger partial charge in [0, 0.05) is 48.4 Å². The number of nitrogens with zero attached hydrogens (tertiary/aromatic N) is 2. The van der Waals surface area contributed by atoms with E-state index in [1.54, 1.807) is 0 Å². The van der Waals surface area contributed by atoms with E-state index in [4.69, 9.17) is 0 Å². The molecule has 0 N–H and O–H groups in total. The zero-order valence-corrected chi connectivity index (χ0v) is 23.9. The quantitative estimate of drug-likeness (QED) is 0.477. The molecule has 0 aromatic heterocycles. The molecule has 0 bridgehead atoms. The van der Waals surface area contributed by atoms with E-state index in [2.05, 4.69) is 27.7 Å². The van der Waals surface area contributed by atoms with Crippen molar-refractivity contribution in [3.8, 4) is 0 Å². The molecule has 0 unspecified atom stereocenters. The lowest BCUT2D eigenvalue weighted by Gasteiger charge is -2.36. The largest absolute Gasteiger partial charge is 0.289 e. The predicted molar refractivity (Wildman–Crippen MR) is 143 cm³/mol. The van der Waals surface area contributed by atoms with E-state index < -0.39 is 31.6 Å². The van der Waals surface area contributed by atoms with Gasteiger partial charge in [0.05, 0.1) is 9.79 Å². The summed E-state index contributed by atoms with van der Waals surface area (Å²) in [6, 6.07) is 8.03. The van der Waals surface area contributed by atoms with Gasteiger partial charge in [0.2, 0.25) is 20.0 Å². The first-order valence-corrected chi connectivity index (χ1v) is 15.9. The molecule has 8 nitrogen and oxygen atoms in total. The molecule has 38 heavy (non-hydrogen) atoms. The number of hydrogen-bond acceptors (Lipinski definition) is 6. The maximum atomic E-state index is 13.4. The molecule has 2 saturated heterocycles. The normalized spacial score (nSPS) is 22.1. The highest BCUT2D eigenvalue weighted by Crippen LogP contribution is 2.36. The molecule has 10 heteroatoms. The summed E-state index contributed by atoms with van der Waals surface area (Å²) < 4.78 is 56.2. The topological polar surface area (TPSA) is 109 Å². The number of carbonyl (C=O) groups excluding carboxylic acids is 2. The Morgan fingerprint density at radius 1 is 0.553 bits per heavy atom. The lowest BCUT2D eigenvalue weighted by Crippen LogP contribution is -2.41. The molecule has 204 valence electrons. The minimum absolute atomic E-state index is 0.0206. The SMILES string of the molecule is CC1(C)CCN(S(=O)(=O)c2ccc3c(c2)C(=O)c2ccc(S(=O)(=O)N4CCC(C)(C)CC4)cc2C3=O)CC1. The second-order valence-corrected chi connectivity index (χ2v) is 16.1. The predicted octanol–water partition coefficient (Wildman–Crippen LogP) is 4.08. The van der Waals surface area contributed by atoms with Crippen molar-refractivity contribution in [1.29, 1.82) is 0 Å². The summed E-state index contributed by atoms with van der Waals surface area (Å²) in [5.41, 5.74) is 0.353. The van der Waals surface area contributed by atoms with Crippen LogP contribution in [0, 0.1) is 10.8 Å². The van der Waals surface area contributed by atoms with Gasteiger partial charge in [-0.1, -0.05) is 27.7 Å². The van der Waals surface area contributed by atoms with E-state index >= 15 is 0 Å². The van der Waals surface area contributed by atoms with Crippen LogP contribution in [0.25, 0.3) is 0 Å². The Hall–Kier alpha value is -2.40. The van der Waals surface area contributed by atoms with Gasteiger partial charge in [0.25, 0.3) is 0 Å². The number of carbonyl (C=O) groups is 2. The number of hydrogen-bond donors (Lipinski definition) is 0. The van der Waals surface area contributed by atoms with Gasteiger partial charge in [-0.15, -0.1) is 0 Å². The van der Waals surface area contributed by atoms with Crippen molar-refractivity contribution < 1.29 is 26.4 Å².